The maximum atomic E-state index is 13.4. The smallest absolute Gasteiger partial charge is 0.178 e. The van der Waals surface area contributed by atoms with Crippen LogP contribution in [0.15, 0.2) is 45.8 Å². The zero-order valence-electron chi connectivity index (χ0n) is 16.2. The first-order chi connectivity index (χ1) is 14.3. The van der Waals surface area contributed by atoms with Crippen molar-refractivity contribution in [2.24, 2.45) is 5.92 Å². The number of hydrogen-bond donors (Lipinski definition) is 0. The molecule has 2 aromatic carbocycles. The van der Waals surface area contributed by atoms with E-state index >= 15 is 0 Å². The molecular formula is C21H21F3N2O3S. The van der Waals surface area contributed by atoms with Gasteiger partial charge in [0, 0.05) is 18.0 Å². The van der Waals surface area contributed by atoms with E-state index in [9.17, 15) is 21.6 Å². The number of hydrogen-bond acceptors (Lipinski definition) is 5. The Morgan fingerprint density at radius 3 is 2.73 bits per heavy atom. The first-order valence-electron chi connectivity index (χ1n) is 9.76. The third-order valence-electron chi connectivity index (χ3n) is 5.47. The van der Waals surface area contributed by atoms with Crippen molar-refractivity contribution < 1.29 is 26.1 Å². The number of sulfone groups is 1. The minimum absolute atomic E-state index is 0.0565. The fourth-order valence-electron chi connectivity index (χ4n) is 3.94. The molecular weight excluding hydrogens is 417 g/mol. The highest BCUT2D eigenvalue weighted by Gasteiger charge is 2.28. The van der Waals surface area contributed by atoms with E-state index < -0.39 is 21.5 Å². The van der Waals surface area contributed by atoms with Crippen LogP contribution in [-0.2, 0) is 16.3 Å². The molecule has 1 saturated heterocycles. The normalized spacial score (nSPS) is 17.8. The van der Waals surface area contributed by atoms with Crippen molar-refractivity contribution in [2.75, 3.05) is 25.4 Å². The van der Waals surface area contributed by atoms with Gasteiger partial charge in [0.25, 0.3) is 0 Å². The molecule has 0 N–H and O–H groups in total. The van der Waals surface area contributed by atoms with Crippen LogP contribution < -0.4 is 0 Å². The predicted octanol–water partition coefficient (Wildman–Crippen LogP) is 3.97. The summed E-state index contributed by atoms with van der Waals surface area (Å²) >= 11 is 0. The quantitative estimate of drug-likeness (QED) is 0.523. The average molecular weight is 438 g/mol. The molecule has 3 aromatic rings. The first-order valence-corrected chi connectivity index (χ1v) is 11.4. The Bertz CT molecular complexity index is 1160. The summed E-state index contributed by atoms with van der Waals surface area (Å²) in [7, 11) is -3.68. The van der Waals surface area contributed by atoms with Gasteiger partial charge in [-0.05, 0) is 68.6 Å². The molecule has 1 unspecified atom stereocenters. The van der Waals surface area contributed by atoms with Gasteiger partial charge in [-0.3, -0.25) is 0 Å². The van der Waals surface area contributed by atoms with E-state index in [1.54, 1.807) is 6.07 Å². The number of likely N-dealkylation sites (tertiary alicyclic amines) is 1. The van der Waals surface area contributed by atoms with Crippen molar-refractivity contribution in [1.29, 1.82) is 0 Å². The summed E-state index contributed by atoms with van der Waals surface area (Å²) in [4.78, 5) is 2.00. The van der Waals surface area contributed by atoms with E-state index in [0.717, 1.165) is 55.2 Å². The van der Waals surface area contributed by atoms with Gasteiger partial charge in [-0.25, -0.2) is 21.6 Å². The predicted molar refractivity (Wildman–Crippen MR) is 105 cm³/mol. The SMILES string of the molecule is O=S(=O)(CC1CCN(CCCc2noc3cc(F)ccc23)C1)c1ccc(F)c(F)c1. The molecule has 0 saturated carbocycles. The first kappa shape index (κ1) is 20.9. The number of aromatic nitrogens is 1. The molecule has 0 bridgehead atoms. The lowest BCUT2D eigenvalue weighted by Gasteiger charge is -2.15. The summed E-state index contributed by atoms with van der Waals surface area (Å²) in [6.45, 7) is 2.19. The van der Waals surface area contributed by atoms with Crippen LogP contribution in [0, 0.1) is 23.4 Å². The van der Waals surface area contributed by atoms with Crippen LogP contribution in [0.2, 0.25) is 0 Å². The molecule has 5 nitrogen and oxygen atoms in total. The molecule has 9 heteroatoms. The highest BCUT2D eigenvalue weighted by atomic mass is 32.2. The van der Waals surface area contributed by atoms with Crippen molar-refractivity contribution in [1.82, 2.24) is 10.1 Å². The number of halogens is 3. The Hall–Kier alpha value is -2.39. The Morgan fingerprint density at radius 2 is 1.93 bits per heavy atom. The molecule has 1 fully saturated rings. The fraction of sp³-hybridized carbons (Fsp3) is 0.381. The van der Waals surface area contributed by atoms with Crippen LogP contribution in [0.3, 0.4) is 0 Å². The van der Waals surface area contributed by atoms with Gasteiger partial charge in [0.15, 0.2) is 27.1 Å². The summed E-state index contributed by atoms with van der Waals surface area (Å²) in [5.41, 5.74) is 1.20. The van der Waals surface area contributed by atoms with Crippen LogP contribution in [-0.4, -0.2) is 43.9 Å². The summed E-state index contributed by atoms with van der Waals surface area (Å²) in [6, 6.07) is 7.03. The molecule has 4 rings (SSSR count). The average Bonchev–Trinajstić information content (AvgIpc) is 3.30. The van der Waals surface area contributed by atoms with Crippen molar-refractivity contribution in [3.05, 3.63) is 59.5 Å². The standard InChI is InChI=1S/C21H21F3N2O3S/c22-15-3-5-17-20(25-29-21(17)10-15)2-1-8-26-9-7-14(12-26)13-30(27,28)16-4-6-18(23)19(24)11-16/h3-6,10-11,14H,1-2,7-9,12-13H2. The lowest BCUT2D eigenvalue weighted by Crippen LogP contribution is -2.24. The summed E-state index contributed by atoms with van der Waals surface area (Å²) < 4.78 is 69.9. The van der Waals surface area contributed by atoms with Gasteiger partial charge in [0.1, 0.15) is 5.82 Å². The van der Waals surface area contributed by atoms with E-state index in [4.69, 9.17) is 4.52 Å². The number of fused-ring (bicyclic) bond motifs is 1. The lowest BCUT2D eigenvalue weighted by atomic mass is 10.1. The van der Waals surface area contributed by atoms with Gasteiger partial charge in [-0.2, -0.15) is 0 Å². The Balaban J connectivity index is 1.29. The number of nitrogens with zero attached hydrogens (tertiary/aromatic N) is 2. The largest absolute Gasteiger partial charge is 0.356 e. The van der Waals surface area contributed by atoms with Gasteiger partial charge in [-0.1, -0.05) is 5.16 Å². The maximum Gasteiger partial charge on any atom is 0.178 e. The third kappa shape index (κ3) is 4.52. The number of benzene rings is 2. The van der Waals surface area contributed by atoms with E-state index in [1.807, 2.05) is 0 Å². The molecule has 0 amide bonds. The Kier molecular flexibility index (Phi) is 5.84. The van der Waals surface area contributed by atoms with Crippen molar-refractivity contribution in [3.8, 4) is 0 Å². The van der Waals surface area contributed by atoms with Crippen molar-refractivity contribution >= 4 is 20.8 Å². The summed E-state index contributed by atoms with van der Waals surface area (Å²) in [6.07, 6.45) is 2.21. The molecule has 30 heavy (non-hydrogen) atoms. The lowest BCUT2D eigenvalue weighted by molar-refractivity contribution is 0.322. The maximum absolute atomic E-state index is 13.4. The second-order valence-electron chi connectivity index (χ2n) is 7.69. The van der Waals surface area contributed by atoms with E-state index in [1.165, 1.54) is 12.1 Å². The van der Waals surface area contributed by atoms with Crippen molar-refractivity contribution in [3.63, 3.8) is 0 Å². The Morgan fingerprint density at radius 1 is 1.10 bits per heavy atom. The molecule has 0 radical (unpaired) electrons. The van der Waals surface area contributed by atoms with Gasteiger partial charge in [0.05, 0.1) is 16.3 Å². The highest BCUT2D eigenvalue weighted by molar-refractivity contribution is 7.91. The van der Waals surface area contributed by atoms with Gasteiger partial charge in [0.2, 0.25) is 0 Å². The van der Waals surface area contributed by atoms with Gasteiger partial charge in [-0.15, -0.1) is 0 Å². The van der Waals surface area contributed by atoms with Crippen LogP contribution in [0.1, 0.15) is 18.5 Å². The molecule has 1 aromatic heterocycles. The van der Waals surface area contributed by atoms with Crippen molar-refractivity contribution in [2.45, 2.75) is 24.2 Å². The number of rotatable bonds is 7. The molecule has 0 aliphatic carbocycles. The molecule has 160 valence electrons. The molecule has 2 heterocycles. The Labute approximate surface area is 172 Å². The molecule has 1 atom stereocenters. The minimum atomic E-state index is -3.68. The zero-order valence-corrected chi connectivity index (χ0v) is 17.0. The van der Waals surface area contributed by atoms with E-state index in [0.29, 0.717) is 18.5 Å². The van der Waals surface area contributed by atoms with Gasteiger partial charge < -0.3 is 9.42 Å². The number of aryl methyl sites for hydroxylation is 1. The second-order valence-corrected chi connectivity index (χ2v) is 9.72. The second kappa shape index (κ2) is 8.39. The van der Waals surface area contributed by atoms with Crippen LogP contribution in [0.5, 0.6) is 0 Å². The van der Waals surface area contributed by atoms with Crippen LogP contribution >= 0.6 is 0 Å². The van der Waals surface area contributed by atoms with Gasteiger partial charge >= 0.3 is 0 Å². The fourth-order valence-corrected chi connectivity index (χ4v) is 5.59. The van der Waals surface area contributed by atoms with E-state index in [-0.39, 0.29) is 22.4 Å². The summed E-state index contributed by atoms with van der Waals surface area (Å²) in [5.74, 6) is -2.74. The van der Waals surface area contributed by atoms with Crippen LogP contribution in [0.4, 0.5) is 13.2 Å². The monoisotopic (exact) mass is 438 g/mol. The van der Waals surface area contributed by atoms with Crippen LogP contribution in [0.25, 0.3) is 11.0 Å². The topological polar surface area (TPSA) is 63.4 Å². The third-order valence-corrected chi connectivity index (χ3v) is 7.35. The highest BCUT2D eigenvalue weighted by Crippen LogP contribution is 2.24. The summed E-state index contributed by atoms with van der Waals surface area (Å²) in [5, 5.41) is 4.81. The molecule has 1 aliphatic heterocycles. The molecule has 0 spiro atoms. The van der Waals surface area contributed by atoms with E-state index in [2.05, 4.69) is 10.1 Å². The minimum Gasteiger partial charge on any atom is -0.356 e. The zero-order chi connectivity index (χ0) is 21.3. The molecule has 1 aliphatic rings.